The van der Waals surface area contributed by atoms with Gasteiger partial charge in [-0.15, -0.1) is 0 Å². The normalized spacial score (nSPS) is 13.6. The summed E-state index contributed by atoms with van der Waals surface area (Å²) in [6.45, 7) is 1.94. The standard InChI is InChI=1S/C16H18N4O3/c1-10-17-15(19-23-10)9-20(2)16(22)18-12-7-6-11-4-3-5-14(21)13(11)8-12/h6-8H,3-5,9H2,1-2H3,(H,18,22). The molecule has 0 fully saturated rings. The smallest absolute Gasteiger partial charge is 0.321 e. The Morgan fingerprint density at radius 1 is 1.39 bits per heavy atom. The average Bonchev–Trinajstić information content (AvgIpc) is 2.93. The van der Waals surface area contributed by atoms with Crippen molar-refractivity contribution >= 4 is 17.5 Å². The number of hydrogen-bond donors (Lipinski definition) is 1. The largest absolute Gasteiger partial charge is 0.340 e. The van der Waals surface area contributed by atoms with Crippen molar-refractivity contribution in [1.29, 1.82) is 0 Å². The van der Waals surface area contributed by atoms with Gasteiger partial charge in [-0.3, -0.25) is 4.79 Å². The molecule has 1 heterocycles. The zero-order valence-corrected chi connectivity index (χ0v) is 13.1. The number of hydrogen-bond acceptors (Lipinski definition) is 5. The number of fused-ring (bicyclic) bond motifs is 1. The molecule has 2 amide bonds. The molecule has 1 aliphatic rings. The van der Waals surface area contributed by atoms with Crippen LogP contribution in [0, 0.1) is 6.92 Å². The lowest BCUT2D eigenvalue weighted by Gasteiger charge is -2.18. The van der Waals surface area contributed by atoms with Crippen LogP contribution in [0.3, 0.4) is 0 Å². The number of carbonyl (C=O) groups excluding carboxylic acids is 2. The predicted molar refractivity (Wildman–Crippen MR) is 83.2 cm³/mol. The van der Waals surface area contributed by atoms with Gasteiger partial charge in [0.25, 0.3) is 0 Å². The molecule has 0 saturated heterocycles. The molecule has 7 heteroatoms. The van der Waals surface area contributed by atoms with Crippen LogP contribution in [0.2, 0.25) is 0 Å². The lowest BCUT2D eigenvalue weighted by atomic mass is 9.90. The minimum absolute atomic E-state index is 0.137. The second-order valence-electron chi connectivity index (χ2n) is 5.66. The third-order valence-electron chi connectivity index (χ3n) is 3.81. The van der Waals surface area contributed by atoms with Crippen LogP contribution in [-0.4, -0.2) is 33.9 Å². The van der Waals surface area contributed by atoms with Crippen LogP contribution in [0.4, 0.5) is 10.5 Å². The summed E-state index contributed by atoms with van der Waals surface area (Å²) in [6, 6.07) is 5.18. The van der Waals surface area contributed by atoms with Crippen molar-refractivity contribution < 1.29 is 14.1 Å². The van der Waals surface area contributed by atoms with Gasteiger partial charge in [-0.1, -0.05) is 11.2 Å². The summed E-state index contributed by atoms with van der Waals surface area (Å²) in [5.41, 5.74) is 2.38. The Hall–Kier alpha value is -2.70. The molecule has 0 unspecified atom stereocenters. The Morgan fingerprint density at radius 2 is 2.22 bits per heavy atom. The molecule has 1 N–H and O–H groups in total. The molecule has 1 aromatic heterocycles. The Labute approximate surface area is 133 Å². The number of anilines is 1. The number of carbonyl (C=O) groups is 2. The van der Waals surface area contributed by atoms with Crippen molar-refractivity contribution in [3.63, 3.8) is 0 Å². The van der Waals surface area contributed by atoms with Crippen molar-refractivity contribution in [2.75, 3.05) is 12.4 Å². The monoisotopic (exact) mass is 314 g/mol. The maximum Gasteiger partial charge on any atom is 0.321 e. The molecule has 0 saturated carbocycles. The molecule has 0 bridgehead atoms. The molecule has 2 aromatic rings. The van der Waals surface area contributed by atoms with Gasteiger partial charge in [-0.05, 0) is 30.5 Å². The molecule has 0 atom stereocenters. The summed E-state index contributed by atoms with van der Waals surface area (Å²) in [5, 5.41) is 6.55. The summed E-state index contributed by atoms with van der Waals surface area (Å²) in [5.74, 6) is 1.04. The van der Waals surface area contributed by atoms with Gasteiger partial charge in [0, 0.05) is 31.6 Å². The van der Waals surface area contributed by atoms with Crippen LogP contribution >= 0.6 is 0 Å². The number of aromatic nitrogens is 2. The van der Waals surface area contributed by atoms with E-state index in [2.05, 4.69) is 15.5 Å². The number of nitrogens with one attached hydrogen (secondary N) is 1. The number of ketones is 1. The van der Waals surface area contributed by atoms with Gasteiger partial charge >= 0.3 is 6.03 Å². The highest BCUT2D eigenvalue weighted by molar-refractivity contribution is 6.00. The van der Waals surface area contributed by atoms with E-state index in [1.54, 1.807) is 20.0 Å². The van der Waals surface area contributed by atoms with Crippen LogP contribution in [0.1, 0.15) is 40.5 Å². The molecule has 7 nitrogen and oxygen atoms in total. The fraction of sp³-hybridized carbons (Fsp3) is 0.375. The van der Waals surface area contributed by atoms with Crippen molar-refractivity contribution in [3.8, 4) is 0 Å². The number of amides is 2. The predicted octanol–water partition coefficient (Wildman–Crippen LogP) is 2.56. The van der Waals surface area contributed by atoms with E-state index in [-0.39, 0.29) is 18.4 Å². The first-order valence-electron chi connectivity index (χ1n) is 7.50. The first kappa shape index (κ1) is 15.2. The zero-order valence-electron chi connectivity index (χ0n) is 13.1. The second kappa shape index (κ2) is 6.20. The van der Waals surface area contributed by atoms with Crippen molar-refractivity contribution in [3.05, 3.63) is 41.0 Å². The number of benzene rings is 1. The van der Waals surface area contributed by atoms with E-state index in [4.69, 9.17) is 4.52 Å². The van der Waals surface area contributed by atoms with Gasteiger partial charge in [0.1, 0.15) is 0 Å². The SMILES string of the molecule is Cc1nc(CN(C)C(=O)Nc2ccc3c(c2)C(=O)CCC3)no1. The molecule has 3 rings (SSSR count). The number of nitrogens with zero attached hydrogens (tertiary/aromatic N) is 3. The van der Waals surface area contributed by atoms with E-state index in [0.29, 0.717) is 29.4 Å². The Bertz CT molecular complexity index is 754. The van der Waals surface area contributed by atoms with Gasteiger partial charge in [0.2, 0.25) is 5.89 Å². The van der Waals surface area contributed by atoms with Crippen LogP contribution in [0.5, 0.6) is 0 Å². The summed E-state index contributed by atoms with van der Waals surface area (Å²) >= 11 is 0. The Kier molecular flexibility index (Phi) is 4.10. The van der Waals surface area contributed by atoms with Gasteiger partial charge in [0.15, 0.2) is 11.6 Å². The molecular weight excluding hydrogens is 296 g/mol. The van der Waals surface area contributed by atoms with Gasteiger partial charge < -0.3 is 14.7 Å². The highest BCUT2D eigenvalue weighted by atomic mass is 16.5. The van der Waals surface area contributed by atoms with Crippen LogP contribution in [0.25, 0.3) is 0 Å². The van der Waals surface area contributed by atoms with Gasteiger partial charge in [0.05, 0.1) is 6.54 Å². The Balaban J connectivity index is 1.67. The summed E-state index contributed by atoms with van der Waals surface area (Å²) in [6.07, 6.45) is 2.37. The highest BCUT2D eigenvalue weighted by Crippen LogP contribution is 2.24. The first-order valence-corrected chi connectivity index (χ1v) is 7.50. The van der Waals surface area contributed by atoms with E-state index in [1.165, 1.54) is 4.90 Å². The lowest BCUT2D eigenvalue weighted by Crippen LogP contribution is -2.31. The third-order valence-corrected chi connectivity index (χ3v) is 3.81. The first-order chi connectivity index (χ1) is 11.0. The van der Waals surface area contributed by atoms with Crippen molar-refractivity contribution in [2.24, 2.45) is 0 Å². The zero-order chi connectivity index (χ0) is 16.4. The second-order valence-corrected chi connectivity index (χ2v) is 5.66. The Morgan fingerprint density at radius 3 is 2.96 bits per heavy atom. The van der Waals surface area contributed by atoms with E-state index >= 15 is 0 Å². The van der Waals surface area contributed by atoms with E-state index < -0.39 is 0 Å². The van der Waals surface area contributed by atoms with Crippen molar-refractivity contribution in [2.45, 2.75) is 32.7 Å². The fourth-order valence-electron chi connectivity index (χ4n) is 2.61. The summed E-state index contributed by atoms with van der Waals surface area (Å²) < 4.78 is 4.88. The molecule has 1 aromatic carbocycles. The van der Waals surface area contributed by atoms with Crippen LogP contribution in [-0.2, 0) is 13.0 Å². The minimum Gasteiger partial charge on any atom is -0.340 e. The van der Waals surface area contributed by atoms with Gasteiger partial charge in [-0.2, -0.15) is 4.98 Å². The summed E-state index contributed by atoms with van der Waals surface area (Å²) in [4.78, 5) is 29.7. The van der Waals surface area contributed by atoms with Crippen molar-refractivity contribution in [1.82, 2.24) is 15.0 Å². The fourth-order valence-corrected chi connectivity index (χ4v) is 2.61. The van der Waals surface area contributed by atoms with E-state index in [1.807, 2.05) is 12.1 Å². The molecule has 0 spiro atoms. The number of aryl methyl sites for hydroxylation is 2. The third kappa shape index (κ3) is 3.39. The highest BCUT2D eigenvalue weighted by Gasteiger charge is 2.18. The number of urea groups is 1. The summed E-state index contributed by atoms with van der Waals surface area (Å²) in [7, 11) is 1.64. The molecule has 120 valence electrons. The minimum atomic E-state index is -0.296. The topological polar surface area (TPSA) is 88.3 Å². The van der Waals surface area contributed by atoms with E-state index in [0.717, 1.165) is 18.4 Å². The average molecular weight is 314 g/mol. The maximum absolute atomic E-state index is 12.2. The molecule has 0 aliphatic heterocycles. The lowest BCUT2D eigenvalue weighted by molar-refractivity contribution is 0.0972. The van der Waals surface area contributed by atoms with Crippen LogP contribution < -0.4 is 5.32 Å². The molecule has 1 aliphatic carbocycles. The molecular formula is C16H18N4O3. The molecule has 0 radical (unpaired) electrons. The molecule has 23 heavy (non-hydrogen) atoms. The quantitative estimate of drug-likeness (QED) is 0.940. The maximum atomic E-state index is 12.2. The van der Waals surface area contributed by atoms with Crippen LogP contribution in [0.15, 0.2) is 22.7 Å². The number of rotatable bonds is 3. The van der Waals surface area contributed by atoms with Gasteiger partial charge in [-0.25, -0.2) is 4.79 Å². The number of Topliss-reactive ketones (excluding diaryl/α,β-unsaturated/α-hetero) is 1. The van der Waals surface area contributed by atoms with E-state index in [9.17, 15) is 9.59 Å².